The molecule has 1 aromatic heterocycles. The first-order chi connectivity index (χ1) is 9.45. The van der Waals surface area contributed by atoms with Crippen LogP contribution in [0.4, 0.5) is 0 Å². The van der Waals surface area contributed by atoms with E-state index in [0.29, 0.717) is 16.2 Å². The molecule has 0 fully saturated rings. The van der Waals surface area contributed by atoms with Gasteiger partial charge in [0.25, 0.3) is 5.91 Å². The highest BCUT2D eigenvalue weighted by Gasteiger charge is 2.24. The number of halogens is 1. The summed E-state index contributed by atoms with van der Waals surface area (Å²) in [5, 5.41) is 10.00. The number of carbonyl (C=O) groups is 2. The summed E-state index contributed by atoms with van der Waals surface area (Å²) in [7, 11) is 0. The van der Waals surface area contributed by atoms with Crippen molar-refractivity contribution < 1.29 is 19.1 Å². The number of hydrogen-bond donors (Lipinski definition) is 1. The minimum absolute atomic E-state index is 0.135. The van der Waals surface area contributed by atoms with Crippen LogP contribution < -0.4 is 0 Å². The molecule has 1 N–H and O–H groups in total. The van der Waals surface area contributed by atoms with Crippen molar-refractivity contribution in [2.75, 3.05) is 13.1 Å². The fraction of sp³-hybridized carbons (Fsp3) is 0.286. The van der Waals surface area contributed by atoms with Crippen molar-refractivity contribution in [3.8, 4) is 0 Å². The third-order valence-electron chi connectivity index (χ3n) is 3.11. The second-order valence-electron chi connectivity index (χ2n) is 4.39. The first-order valence-electron chi connectivity index (χ1n) is 6.14. The van der Waals surface area contributed by atoms with E-state index in [0.717, 1.165) is 5.39 Å². The van der Waals surface area contributed by atoms with Gasteiger partial charge in [-0.15, -0.1) is 0 Å². The van der Waals surface area contributed by atoms with E-state index in [2.05, 4.69) is 0 Å². The molecule has 1 amide bonds. The lowest BCUT2D eigenvalue weighted by atomic mass is 10.1. The predicted octanol–water partition coefficient (Wildman–Crippen LogP) is 2.94. The first-order valence-corrected chi connectivity index (χ1v) is 6.52. The van der Waals surface area contributed by atoms with Crippen molar-refractivity contribution in [1.29, 1.82) is 0 Å². The minimum Gasteiger partial charge on any atom is -0.480 e. The van der Waals surface area contributed by atoms with Gasteiger partial charge in [-0.25, -0.2) is 0 Å². The van der Waals surface area contributed by atoms with Crippen LogP contribution in [0.5, 0.6) is 0 Å². The van der Waals surface area contributed by atoms with E-state index < -0.39 is 11.9 Å². The SMILES string of the molecule is CCN(CC(=O)O)C(=O)c1oc2c(Cl)cccc2c1C. The average Bonchev–Trinajstić information content (AvgIpc) is 2.74. The molecule has 0 unspecified atom stereocenters. The molecule has 0 spiro atoms. The summed E-state index contributed by atoms with van der Waals surface area (Å²) >= 11 is 6.03. The van der Waals surface area contributed by atoms with Crippen molar-refractivity contribution in [2.24, 2.45) is 0 Å². The van der Waals surface area contributed by atoms with Crippen LogP contribution in [0.15, 0.2) is 22.6 Å². The molecule has 20 heavy (non-hydrogen) atoms. The Morgan fingerprint density at radius 1 is 1.40 bits per heavy atom. The molecule has 0 aliphatic rings. The Morgan fingerprint density at radius 3 is 2.65 bits per heavy atom. The van der Waals surface area contributed by atoms with E-state index in [9.17, 15) is 9.59 Å². The number of aryl methyl sites for hydroxylation is 1. The maximum Gasteiger partial charge on any atom is 0.323 e. The van der Waals surface area contributed by atoms with Gasteiger partial charge < -0.3 is 14.4 Å². The number of carboxylic acid groups (broad SMARTS) is 1. The molecule has 5 nitrogen and oxygen atoms in total. The second-order valence-corrected chi connectivity index (χ2v) is 4.79. The van der Waals surface area contributed by atoms with Crippen LogP contribution in [0, 0.1) is 6.92 Å². The van der Waals surface area contributed by atoms with Gasteiger partial charge in [-0.2, -0.15) is 0 Å². The Kier molecular flexibility index (Phi) is 3.99. The Morgan fingerprint density at radius 2 is 2.10 bits per heavy atom. The van der Waals surface area contributed by atoms with Crippen molar-refractivity contribution in [3.05, 3.63) is 34.5 Å². The number of carboxylic acids is 1. The van der Waals surface area contributed by atoms with Crippen LogP contribution in [0.25, 0.3) is 11.0 Å². The van der Waals surface area contributed by atoms with Gasteiger partial charge in [0.1, 0.15) is 6.54 Å². The number of likely N-dealkylation sites (N-methyl/N-ethyl adjacent to an activating group) is 1. The Balaban J connectivity index is 2.47. The van der Waals surface area contributed by atoms with Gasteiger partial charge in [-0.3, -0.25) is 9.59 Å². The molecule has 0 aliphatic carbocycles. The summed E-state index contributed by atoms with van der Waals surface area (Å²) in [5.41, 5.74) is 1.11. The number of fused-ring (bicyclic) bond motifs is 1. The molecule has 0 bridgehead atoms. The van der Waals surface area contributed by atoms with Crippen LogP contribution in [0.3, 0.4) is 0 Å². The van der Waals surface area contributed by atoms with Crippen LogP contribution in [-0.4, -0.2) is 35.0 Å². The fourth-order valence-corrected chi connectivity index (χ4v) is 2.26. The molecule has 0 atom stereocenters. The lowest BCUT2D eigenvalue weighted by molar-refractivity contribution is -0.137. The van der Waals surface area contributed by atoms with Gasteiger partial charge in [0.15, 0.2) is 11.3 Å². The molecule has 0 radical (unpaired) electrons. The van der Waals surface area contributed by atoms with Crippen molar-refractivity contribution >= 4 is 34.4 Å². The third kappa shape index (κ3) is 2.49. The lowest BCUT2D eigenvalue weighted by Crippen LogP contribution is -2.35. The molecule has 1 aromatic carbocycles. The van der Waals surface area contributed by atoms with Gasteiger partial charge in [0.05, 0.1) is 5.02 Å². The van der Waals surface area contributed by atoms with Gasteiger partial charge in [-0.1, -0.05) is 23.7 Å². The van der Waals surface area contributed by atoms with E-state index in [1.807, 2.05) is 6.07 Å². The smallest absolute Gasteiger partial charge is 0.323 e. The van der Waals surface area contributed by atoms with Crippen molar-refractivity contribution in [1.82, 2.24) is 4.90 Å². The summed E-state index contributed by atoms with van der Waals surface area (Å²) in [5.74, 6) is -1.37. The number of aliphatic carboxylic acids is 1. The van der Waals surface area contributed by atoms with Crippen molar-refractivity contribution in [3.63, 3.8) is 0 Å². The summed E-state index contributed by atoms with van der Waals surface area (Å²) in [6.07, 6.45) is 0. The van der Waals surface area contributed by atoms with E-state index >= 15 is 0 Å². The molecule has 1 heterocycles. The Labute approximate surface area is 120 Å². The molecule has 0 saturated carbocycles. The lowest BCUT2D eigenvalue weighted by Gasteiger charge is -2.17. The summed E-state index contributed by atoms with van der Waals surface area (Å²) in [6.45, 7) is 3.39. The van der Waals surface area contributed by atoms with E-state index in [1.165, 1.54) is 4.90 Å². The summed E-state index contributed by atoms with van der Waals surface area (Å²) in [4.78, 5) is 24.3. The zero-order valence-corrected chi connectivity index (χ0v) is 11.9. The van der Waals surface area contributed by atoms with Crippen LogP contribution in [0.1, 0.15) is 23.0 Å². The third-order valence-corrected chi connectivity index (χ3v) is 3.40. The van der Waals surface area contributed by atoms with Crippen LogP contribution in [-0.2, 0) is 4.79 Å². The monoisotopic (exact) mass is 295 g/mol. The van der Waals surface area contributed by atoms with Crippen molar-refractivity contribution in [2.45, 2.75) is 13.8 Å². The average molecular weight is 296 g/mol. The van der Waals surface area contributed by atoms with Gasteiger partial charge >= 0.3 is 5.97 Å². The van der Waals surface area contributed by atoms with E-state index in [-0.39, 0.29) is 18.8 Å². The molecule has 2 aromatic rings. The van der Waals surface area contributed by atoms with E-state index in [1.54, 1.807) is 26.0 Å². The highest BCUT2D eigenvalue weighted by atomic mass is 35.5. The molecule has 2 rings (SSSR count). The minimum atomic E-state index is -1.06. The van der Waals surface area contributed by atoms with E-state index in [4.69, 9.17) is 21.1 Å². The summed E-state index contributed by atoms with van der Waals surface area (Å²) < 4.78 is 5.54. The van der Waals surface area contributed by atoms with Gasteiger partial charge in [0, 0.05) is 17.5 Å². The highest BCUT2D eigenvalue weighted by Crippen LogP contribution is 2.31. The number of nitrogens with zero attached hydrogens (tertiary/aromatic N) is 1. The first kappa shape index (κ1) is 14.4. The zero-order chi connectivity index (χ0) is 14.9. The Bertz CT molecular complexity index is 677. The molecule has 0 saturated heterocycles. The number of para-hydroxylation sites is 1. The summed E-state index contributed by atoms with van der Waals surface area (Å²) in [6, 6.07) is 5.26. The Hall–Kier alpha value is -2.01. The normalized spacial score (nSPS) is 10.8. The second kappa shape index (κ2) is 5.54. The topological polar surface area (TPSA) is 70.8 Å². The number of furan rings is 1. The number of carbonyl (C=O) groups excluding carboxylic acids is 1. The molecule has 6 heteroatoms. The van der Waals surface area contributed by atoms with Crippen LogP contribution >= 0.6 is 11.6 Å². The quantitative estimate of drug-likeness (QED) is 0.941. The maximum atomic E-state index is 12.3. The predicted molar refractivity (Wildman–Crippen MR) is 75.2 cm³/mol. The van der Waals surface area contributed by atoms with Crippen LogP contribution in [0.2, 0.25) is 5.02 Å². The fourth-order valence-electron chi connectivity index (χ4n) is 2.05. The zero-order valence-electron chi connectivity index (χ0n) is 11.1. The van der Waals surface area contributed by atoms with Gasteiger partial charge in [-0.05, 0) is 19.9 Å². The highest BCUT2D eigenvalue weighted by molar-refractivity contribution is 6.35. The van der Waals surface area contributed by atoms with Gasteiger partial charge in [0.2, 0.25) is 0 Å². The molecule has 106 valence electrons. The largest absolute Gasteiger partial charge is 0.480 e. The molecular weight excluding hydrogens is 282 g/mol. The molecule has 0 aliphatic heterocycles. The maximum absolute atomic E-state index is 12.3. The number of hydrogen-bond acceptors (Lipinski definition) is 3. The number of amides is 1. The number of rotatable bonds is 4. The number of benzene rings is 1. The molecular formula is C14H14ClNO4. The standard InChI is InChI=1S/C14H14ClNO4/c1-3-16(7-11(17)18)14(19)12-8(2)9-5-4-6-10(15)13(9)20-12/h4-6H,3,7H2,1-2H3,(H,17,18).